The van der Waals surface area contributed by atoms with Crippen molar-refractivity contribution in [3.8, 4) is 11.5 Å². The van der Waals surface area contributed by atoms with Crippen LogP contribution in [0.3, 0.4) is 0 Å². The van der Waals surface area contributed by atoms with Crippen molar-refractivity contribution in [1.82, 2.24) is 5.32 Å². The van der Waals surface area contributed by atoms with Crippen LogP contribution in [0.4, 0.5) is 0 Å². The lowest BCUT2D eigenvalue weighted by Gasteiger charge is -2.16. The minimum absolute atomic E-state index is 0.390. The molecule has 3 aromatic carbocycles. The van der Waals surface area contributed by atoms with Crippen LogP contribution < -0.4 is 14.8 Å². The Morgan fingerprint density at radius 2 is 1.60 bits per heavy atom. The van der Waals surface area contributed by atoms with E-state index >= 15 is 0 Å². The summed E-state index contributed by atoms with van der Waals surface area (Å²) in [6, 6.07) is 22.5. The summed E-state index contributed by atoms with van der Waals surface area (Å²) in [5.41, 5.74) is 3.47. The van der Waals surface area contributed by atoms with Crippen LogP contribution in [0.5, 0.6) is 11.5 Å². The lowest BCUT2D eigenvalue weighted by atomic mass is 10.1. The zero-order valence-electron chi connectivity index (χ0n) is 17.3. The van der Waals surface area contributed by atoms with Gasteiger partial charge >= 0.3 is 0 Å². The summed E-state index contributed by atoms with van der Waals surface area (Å²) in [6.07, 6.45) is 2.16. The van der Waals surface area contributed by atoms with Crippen LogP contribution in [-0.4, -0.2) is 13.2 Å². The van der Waals surface area contributed by atoms with E-state index < -0.39 is 0 Å². The van der Waals surface area contributed by atoms with E-state index in [9.17, 15) is 0 Å². The molecule has 0 heterocycles. The maximum atomic E-state index is 6.07. The van der Waals surface area contributed by atoms with Crippen LogP contribution in [0, 0.1) is 0 Å². The van der Waals surface area contributed by atoms with Gasteiger partial charge in [-0.25, -0.2) is 0 Å². The SMILES string of the molecule is COc1cc(CN[C@@H](C)CCc2ccccc2)ccc1OCc1ccc(Cl)c(Cl)c1. The summed E-state index contributed by atoms with van der Waals surface area (Å²) in [5.74, 6) is 1.41. The number of rotatable bonds is 10. The Bertz CT molecular complexity index is 947. The van der Waals surface area contributed by atoms with Crippen LogP contribution in [0.2, 0.25) is 10.0 Å². The first kappa shape index (κ1) is 22.5. The van der Waals surface area contributed by atoms with E-state index in [1.807, 2.05) is 24.3 Å². The second-order valence-electron chi connectivity index (χ2n) is 7.33. The van der Waals surface area contributed by atoms with E-state index in [1.54, 1.807) is 13.2 Å². The van der Waals surface area contributed by atoms with Gasteiger partial charge in [-0.3, -0.25) is 0 Å². The first-order valence-corrected chi connectivity index (χ1v) is 10.8. The van der Waals surface area contributed by atoms with E-state index in [-0.39, 0.29) is 0 Å². The molecule has 0 radical (unpaired) electrons. The van der Waals surface area contributed by atoms with Crippen LogP contribution in [0.25, 0.3) is 0 Å². The zero-order valence-corrected chi connectivity index (χ0v) is 18.8. The lowest BCUT2D eigenvalue weighted by molar-refractivity contribution is 0.284. The van der Waals surface area contributed by atoms with Crippen molar-refractivity contribution in [2.75, 3.05) is 7.11 Å². The highest BCUT2D eigenvalue weighted by atomic mass is 35.5. The van der Waals surface area contributed by atoms with Gasteiger partial charge in [0.15, 0.2) is 11.5 Å². The third-order valence-corrected chi connectivity index (χ3v) is 5.71. The normalized spacial score (nSPS) is 11.9. The predicted octanol–water partition coefficient (Wildman–Crippen LogP) is 6.69. The first-order valence-electron chi connectivity index (χ1n) is 10.1. The van der Waals surface area contributed by atoms with Gasteiger partial charge in [-0.1, -0.05) is 65.7 Å². The predicted molar refractivity (Wildman–Crippen MR) is 125 cm³/mol. The smallest absolute Gasteiger partial charge is 0.161 e. The molecule has 0 fully saturated rings. The van der Waals surface area contributed by atoms with Gasteiger partial charge in [0, 0.05) is 12.6 Å². The molecule has 0 aliphatic heterocycles. The quantitative estimate of drug-likeness (QED) is 0.378. The van der Waals surface area contributed by atoms with Crippen molar-refractivity contribution >= 4 is 23.2 Å². The molecule has 158 valence electrons. The number of nitrogens with one attached hydrogen (secondary N) is 1. The fourth-order valence-corrected chi connectivity index (χ4v) is 3.47. The van der Waals surface area contributed by atoms with Gasteiger partial charge in [-0.15, -0.1) is 0 Å². The molecule has 0 saturated heterocycles. The number of benzene rings is 3. The summed E-state index contributed by atoms with van der Waals surface area (Å²) in [4.78, 5) is 0. The summed E-state index contributed by atoms with van der Waals surface area (Å²) < 4.78 is 11.5. The van der Waals surface area contributed by atoms with E-state index in [0.29, 0.717) is 34.2 Å². The Hall–Kier alpha value is -2.20. The number of halogens is 2. The van der Waals surface area contributed by atoms with Crippen LogP contribution >= 0.6 is 23.2 Å². The molecule has 0 unspecified atom stereocenters. The summed E-state index contributed by atoms with van der Waals surface area (Å²) >= 11 is 12.0. The minimum atomic E-state index is 0.390. The van der Waals surface area contributed by atoms with Gasteiger partial charge in [0.05, 0.1) is 17.2 Å². The van der Waals surface area contributed by atoms with Gasteiger partial charge in [0.25, 0.3) is 0 Å². The molecule has 1 atom stereocenters. The maximum absolute atomic E-state index is 6.07. The third kappa shape index (κ3) is 6.66. The molecule has 0 aliphatic carbocycles. The third-order valence-electron chi connectivity index (χ3n) is 4.97. The Kier molecular flexibility index (Phi) is 8.44. The molecule has 1 N–H and O–H groups in total. The second-order valence-corrected chi connectivity index (χ2v) is 8.14. The van der Waals surface area contributed by atoms with E-state index in [2.05, 4.69) is 48.6 Å². The molecule has 0 spiro atoms. The zero-order chi connectivity index (χ0) is 21.3. The standard InChI is InChI=1S/C25H27Cl2NO2/c1-18(8-9-19-6-4-3-5-7-19)28-16-20-11-13-24(25(15-20)29-2)30-17-21-10-12-22(26)23(27)14-21/h3-7,10-15,18,28H,8-9,16-17H2,1-2H3/t18-/m0/s1. The summed E-state index contributed by atoms with van der Waals surface area (Å²) in [5, 5.41) is 4.64. The van der Waals surface area contributed by atoms with Gasteiger partial charge in [-0.2, -0.15) is 0 Å². The van der Waals surface area contributed by atoms with Crippen LogP contribution in [0.1, 0.15) is 30.0 Å². The van der Waals surface area contributed by atoms with Gasteiger partial charge in [0.2, 0.25) is 0 Å². The molecule has 30 heavy (non-hydrogen) atoms. The van der Waals surface area contributed by atoms with Crippen molar-refractivity contribution < 1.29 is 9.47 Å². The maximum Gasteiger partial charge on any atom is 0.161 e. The van der Waals surface area contributed by atoms with Gasteiger partial charge in [0.1, 0.15) is 6.61 Å². The molecule has 0 aliphatic rings. The molecular weight excluding hydrogens is 417 g/mol. The van der Waals surface area contributed by atoms with Gasteiger partial charge < -0.3 is 14.8 Å². The van der Waals surface area contributed by atoms with Crippen molar-refractivity contribution in [2.24, 2.45) is 0 Å². The number of hydrogen-bond acceptors (Lipinski definition) is 3. The average Bonchev–Trinajstić information content (AvgIpc) is 2.78. The summed E-state index contributed by atoms with van der Waals surface area (Å²) in [7, 11) is 1.65. The topological polar surface area (TPSA) is 30.5 Å². The van der Waals surface area contributed by atoms with Gasteiger partial charge in [-0.05, 0) is 60.7 Å². The highest BCUT2D eigenvalue weighted by Gasteiger charge is 2.09. The van der Waals surface area contributed by atoms with E-state index in [0.717, 1.165) is 30.5 Å². The summed E-state index contributed by atoms with van der Waals surface area (Å²) in [6.45, 7) is 3.38. The molecule has 3 aromatic rings. The van der Waals surface area contributed by atoms with Crippen molar-refractivity contribution in [2.45, 2.75) is 39.0 Å². The highest BCUT2D eigenvalue weighted by Crippen LogP contribution is 2.30. The Labute approximate surface area is 188 Å². The van der Waals surface area contributed by atoms with Crippen LogP contribution in [-0.2, 0) is 19.6 Å². The lowest BCUT2D eigenvalue weighted by Crippen LogP contribution is -2.26. The van der Waals surface area contributed by atoms with E-state index in [4.69, 9.17) is 32.7 Å². The second kappa shape index (κ2) is 11.3. The molecule has 5 heteroatoms. The van der Waals surface area contributed by atoms with E-state index in [1.165, 1.54) is 5.56 Å². The van der Waals surface area contributed by atoms with Crippen molar-refractivity contribution in [1.29, 1.82) is 0 Å². The molecule has 3 nitrogen and oxygen atoms in total. The monoisotopic (exact) mass is 443 g/mol. The number of ether oxygens (including phenoxy) is 2. The molecule has 0 aromatic heterocycles. The number of methoxy groups -OCH3 is 1. The Morgan fingerprint density at radius 3 is 2.33 bits per heavy atom. The number of hydrogen-bond donors (Lipinski definition) is 1. The minimum Gasteiger partial charge on any atom is -0.493 e. The largest absolute Gasteiger partial charge is 0.493 e. The molecular formula is C25H27Cl2NO2. The Balaban J connectivity index is 1.52. The highest BCUT2D eigenvalue weighted by molar-refractivity contribution is 6.42. The molecule has 3 rings (SSSR count). The fraction of sp³-hybridized carbons (Fsp3) is 0.280. The molecule has 0 amide bonds. The number of aryl methyl sites for hydroxylation is 1. The van der Waals surface area contributed by atoms with Crippen molar-refractivity contribution in [3.63, 3.8) is 0 Å². The molecule has 0 bridgehead atoms. The first-order chi connectivity index (χ1) is 14.5. The fourth-order valence-electron chi connectivity index (χ4n) is 3.15. The average molecular weight is 444 g/mol. The molecule has 0 saturated carbocycles. The van der Waals surface area contributed by atoms with Crippen molar-refractivity contribution in [3.05, 3.63) is 93.5 Å². The van der Waals surface area contributed by atoms with Crippen LogP contribution in [0.15, 0.2) is 66.7 Å². The Morgan fingerprint density at radius 1 is 0.833 bits per heavy atom.